The number of carbonyl (C=O) groups is 2. The number of carbonyl (C=O) groups excluding carboxylic acids is 2. The molecule has 134 valence electrons. The Kier molecular flexibility index (Phi) is 5.88. The van der Waals surface area contributed by atoms with Gasteiger partial charge in [-0.05, 0) is 43.3 Å². The molecule has 0 aliphatic carbocycles. The van der Waals surface area contributed by atoms with E-state index in [0.717, 1.165) is 6.54 Å². The molecular formula is C18H16Cl2N4O2. The molecule has 0 radical (unpaired) electrons. The van der Waals surface area contributed by atoms with Crippen molar-refractivity contribution in [3.05, 3.63) is 63.8 Å². The number of hydrogen-bond acceptors (Lipinski definition) is 4. The topological polar surface area (TPSA) is 83.1 Å². The van der Waals surface area contributed by atoms with Crippen LogP contribution >= 0.6 is 23.2 Å². The first kappa shape index (κ1) is 18.4. The van der Waals surface area contributed by atoms with Crippen LogP contribution in [0.2, 0.25) is 10.0 Å². The van der Waals surface area contributed by atoms with E-state index in [2.05, 4.69) is 20.9 Å². The summed E-state index contributed by atoms with van der Waals surface area (Å²) in [5.74, 6) is -0.317. The first-order valence-corrected chi connectivity index (χ1v) is 8.72. The average molecular weight is 391 g/mol. The van der Waals surface area contributed by atoms with Crippen molar-refractivity contribution < 1.29 is 9.59 Å². The van der Waals surface area contributed by atoms with E-state index in [4.69, 9.17) is 23.2 Å². The normalized spacial score (nSPS) is 13.7. The highest BCUT2D eigenvalue weighted by atomic mass is 35.5. The zero-order valence-corrected chi connectivity index (χ0v) is 15.2. The van der Waals surface area contributed by atoms with Crippen LogP contribution in [0, 0.1) is 0 Å². The predicted molar refractivity (Wildman–Crippen MR) is 103 cm³/mol. The SMILES string of the molecule is O=C(Nc1ccc(Cl)cc1C(=O)Nc1ccc(Cl)cn1)C1=CCNCC1. The number of benzene rings is 1. The quantitative estimate of drug-likeness (QED) is 0.745. The molecule has 1 aromatic heterocycles. The predicted octanol–water partition coefficient (Wildman–Crippen LogP) is 3.50. The lowest BCUT2D eigenvalue weighted by Gasteiger charge is -2.16. The average Bonchev–Trinajstić information content (AvgIpc) is 2.65. The van der Waals surface area contributed by atoms with Crippen LogP contribution in [0.3, 0.4) is 0 Å². The van der Waals surface area contributed by atoms with Gasteiger partial charge in [-0.25, -0.2) is 4.98 Å². The third kappa shape index (κ3) is 4.60. The number of nitrogens with zero attached hydrogens (tertiary/aromatic N) is 1. The van der Waals surface area contributed by atoms with E-state index < -0.39 is 5.91 Å². The third-order valence-corrected chi connectivity index (χ3v) is 4.26. The van der Waals surface area contributed by atoms with Gasteiger partial charge in [-0.1, -0.05) is 29.3 Å². The van der Waals surface area contributed by atoms with E-state index >= 15 is 0 Å². The molecule has 2 amide bonds. The summed E-state index contributed by atoms with van der Waals surface area (Å²) in [5, 5.41) is 9.45. The van der Waals surface area contributed by atoms with Crippen LogP contribution in [0.5, 0.6) is 0 Å². The molecule has 1 aromatic carbocycles. The lowest BCUT2D eigenvalue weighted by Crippen LogP contribution is -2.27. The summed E-state index contributed by atoms with van der Waals surface area (Å²) in [5.41, 5.74) is 1.31. The monoisotopic (exact) mass is 390 g/mol. The van der Waals surface area contributed by atoms with Crippen molar-refractivity contribution in [2.45, 2.75) is 6.42 Å². The molecule has 0 spiro atoms. The van der Waals surface area contributed by atoms with Crippen molar-refractivity contribution >= 4 is 46.5 Å². The molecule has 3 rings (SSSR count). The van der Waals surface area contributed by atoms with Crippen LogP contribution < -0.4 is 16.0 Å². The molecule has 26 heavy (non-hydrogen) atoms. The van der Waals surface area contributed by atoms with Crippen molar-refractivity contribution in [1.82, 2.24) is 10.3 Å². The van der Waals surface area contributed by atoms with Crippen LogP contribution in [-0.4, -0.2) is 29.9 Å². The molecule has 0 fully saturated rings. The van der Waals surface area contributed by atoms with Crippen LogP contribution in [0.1, 0.15) is 16.8 Å². The van der Waals surface area contributed by atoms with Crippen molar-refractivity contribution in [3.63, 3.8) is 0 Å². The second-order valence-corrected chi connectivity index (χ2v) is 6.52. The van der Waals surface area contributed by atoms with Crippen molar-refractivity contribution in [3.8, 4) is 0 Å². The fraction of sp³-hybridized carbons (Fsp3) is 0.167. The van der Waals surface area contributed by atoms with Gasteiger partial charge in [0.15, 0.2) is 0 Å². The summed E-state index contributed by atoms with van der Waals surface area (Å²) in [4.78, 5) is 29.1. The number of hydrogen-bond donors (Lipinski definition) is 3. The molecule has 0 unspecified atom stereocenters. The van der Waals surface area contributed by atoms with Gasteiger partial charge in [0.05, 0.1) is 16.3 Å². The lowest BCUT2D eigenvalue weighted by atomic mass is 10.1. The van der Waals surface area contributed by atoms with Gasteiger partial charge in [0.2, 0.25) is 0 Å². The van der Waals surface area contributed by atoms with Crippen molar-refractivity contribution in [2.24, 2.45) is 0 Å². The fourth-order valence-electron chi connectivity index (χ4n) is 2.48. The molecule has 0 atom stereocenters. The Morgan fingerprint density at radius 2 is 1.85 bits per heavy atom. The number of amides is 2. The van der Waals surface area contributed by atoms with Crippen LogP contribution in [0.25, 0.3) is 0 Å². The number of halogens is 2. The first-order valence-electron chi connectivity index (χ1n) is 7.96. The highest BCUT2D eigenvalue weighted by Gasteiger charge is 2.17. The molecule has 0 bridgehead atoms. The van der Waals surface area contributed by atoms with E-state index in [0.29, 0.717) is 40.1 Å². The Labute approximate surface area is 160 Å². The molecule has 6 nitrogen and oxygen atoms in total. The highest BCUT2D eigenvalue weighted by molar-refractivity contribution is 6.31. The Bertz CT molecular complexity index is 866. The number of nitrogens with one attached hydrogen (secondary N) is 3. The number of aromatic nitrogens is 1. The summed E-state index contributed by atoms with van der Waals surface area (Å²) < 4.78 is 0. The van der Waals surface area contributed by atoms with Gasteiger partial charge in [-0.15, -0.1) is 0 Å². The molecule has 1 aliphatic rings. The Morgan fingerprint density at radius 1 is 1.04 bits per heavy atom. The van der Waals surface area contributed by atoms with E-state index in [1.54, 1.807) is 24.3 Å². The largest absolute Gasteiger partial charge is 0.322 e. The molecule has 3 N–H and O–H groups in total. The number of pyridine rings is 1. The summed E-state index contributed by atoms with van der Waals surface area (Å²) in [6.07, 6.45) is 3.91. The minimum absolute atomic E-state index is 0.229. The second kappa shape index (κ2) is 8.31. The van der Waals surface area contributed by atoms with E-state index in [9.17, 15) is 9.59 Å². The molecule has 2 heterocycles. The number of anilines is 2. The van der Waals surface area contributed by atoms with Gasteiger partial charge in [0.1, 0.15) is 5.82 Å². The van der Waals surface area contributed by atoms with Gasteiger partial charge in [0.25, 0.3) is 11.8 Å². The Balaban J connectivity index is 1.80. The minimum Gasteiger partial charge on any atom is -0.322 e. The van der Waals surface area contributed by atoms with Gasteiger partial charge in [0, 0.05) is 23.3 Å². The molecule has 2 aromatic rings. The van der Waals surface area contributed by atoms with E-state index in [1.165, 1.54) is 12.3 Å². The first-order chi connectivity index (χ1) is 12.5. The molecule has 0 saturated heterocycles. The molecular weight excluding hydrogens is 375 g/mol. The molecule has 8 heteroatoms. The standard InChI is InChI=1S/C18H16Cl2N4O2/c19-12-1-3-15(23-17(25)11-5-7-21-8-6-11)14(9-12)18(26)24-16-4-2-13(20)10-22-16/h1-5,9-10,21H,6-8H2,(H,23,25)(H,22,24,26). The Morgan fingerprint density at radius 3 is 2.54 bits per heavy atom. The highest BCUT2D eigenvalue weighted by Crippen LogP contribution is 2.23. The van der Waals surface area contributed by atoms with Crippen LogP contribution in [-0.2, 0) is 4.79 Å². The van der Waals surface area contributed by atoms with Gasteiger partial charge in [-0.3, -0.25) is 9.59 Å². The second-order valence-electron chi connectivity index (χ2n) is 5.64. The Hall–Kier alpha value is -2.41. The summed E-state index contributed by atoms with van der Waals surface area (Å²) in [6, 6.07) is 7.92. The molecule has 1 aliphatic heterocycles. The minimum atomic E-state index is -0.433. The zero-order valence-electron chi connectivity index (χ0n) is 13.7. The van der Waals surface area contributed by atoms with E-state index in [1.807, 2.05) is 6.08 Å². The maximum Gasteiger partial charge on any atom is 0.258 e. The van der Waals surface area contributed by atoms with Crippen molar-refractivity contribution in [2.75, 3.05) is 23.7 Å². The van der Waals surface area contributed by atoms with Crippen LogP contribution in [0.15, 0.2) is 48.2 Å². The fourth-order valence-corrected chi connectivity index (χ4v) is 2.76. The number of rotatable bonds is 4. The maximum atomic E-state index is 12.6. The van der Waals surface area contributed by atoms with Gasteiger partial charge < -0.3 is 16.0 Å². The summed E-state index contributed by atoms with van der Waals surface area (Å²) >= 11 is 11.8. The smallest absolute Gasteiger partial charge is 0.258 e. The maximum absolute atomic E-state index is 12.6. The van der Waals surface area contributed by atoms with Gasteiger partial charge >= 0.3 is 0 Å². The van der Waals surface area contributed by atoms with E-state index in [-0.39, 0.29) is 11.5 Å². The third-order valence-electron chi connectivity index (χ3n) is 3.80. The zero-order chi connectivity index (χ0) is 18.5. The van der Waals surface area contributed by atoms with Gasteiger partial charge in [-0.2, -0.15) is 0 Å². The molecule has 0 saturated carbocycles. The summed E-state index contributed by atoms with van der Waals surface area (Å²) in [6.45, 7) is 1.40. The van der Waals surface area contributed by atoms with Crippen molar-refractivity contribution in [1.29, 1.82) is 0 Å². The summed E-state index contributed by atoms with van der Waals surface area (Å²) in [7, 11) is 0. The lowest BCUT2D eigenvalue weighted by molar-refractivity contribution is -0.113. The van der Waals surface area contributed by atoms with Crippen LogP contribution in [0.4, 0.5) is 11.5 Å².